The number of carbonyl (C=O) groups excluding carboxylic acids is 3. The first kappa shape index (κ1) is 71.0. The molecule has 0 bridgehead atoms. The van der Waals surface area contributed by atoms with E-state index in [1.165, 1.54) is 187 Å². The number of nitrogens with zero attached hydrogens (tertiary/aromatic N) is 3. The maximum absolute atomic E-state index is 12.9. The highest BCUT2D eigenvalue weighted by molar-refractivity contribution is 7.49. The van der Waals surface area contributed by atoms with Crippen molar-refractivity contribution in [3.05, 3.63) is 0 Å². The highest BCUT2D eigenvalue weighted by atomic mass is 31.0. The zero-order chi connectivity index (χ0) is 51.8. The molecule has 3 atom stereocenters. The standard InChI is InChI=1S/C51H99NO5.C8H19N3.BH2P/c1-5-9-13-17-23-31-40-48(38-29-15-11-7-3)50(54)56-46-35-27-21-19-25-33-42-52(44-37-45-53)43-34-26-20-22-28-36-47-57-51(55)49(39-30-16-12-8-4)41-32-24-18-14-10-6-2;1-9-3-4-11-7-5-10(2)6-8-11;1-2/h45,48-49H,5-44,46-47H2,1-4H3;9H,3-8H2,1-2H3;2H2. The van der Waals surface area contributed by atoms with E-state index < -0.39 is 0 Å². The van der Waals surface area contributed by atoms with Crippen molar-refractivity contribution in [2.75, 3.05) is 86.2 Å². The van der Waals surface area contributed by atoms with Crippen LogP contribution in [0.5, 0.6) is 0 Å². The molecule has 0 aromatic carbocycles. The predicted molar refractivity (Wildman–Crippen MR) is 308 cm³/mol. The average molecular weight is 1010 g/mol. The molecule has 1 fully saturated rings. The van der Waals surface area contributed by atoms with Gasteiger partial charge >= 0.3 is 11.9 Å². The van der Waals surface area contributed by atoms with Crippen molar-refractivity contribution in [2.45, 2.75) is 265 Å². The van der Waals surface area contributed by atoms with Crippen molar-refractivity contribution < 1.29 is 23.9 Å². The number of carbonyl (C=O) groups is 3. The second-order valence-corrected chi connectivity index (χ2v) is 20.8. The van der Waals surface area contributed by atoms with Crippen LogP contribution in [0.2, 0.25) is 0 Å². The number of aldehydes is 1. The first-order chi connectivity index (χ1) is 34.4. The van der Waals surface area contributed by atoms with Crippen LogP contribution in [0.1, 0.15) is 265 Å². The first-order valence-electron chi connectivity index (χ1n) is 30.2. The molecule has 1 saturated heterocycles. The summed E-state index contributed by atoms with van der Waals surface area (Å²) < 4.78 is 11.6. The highest BCUT2D eigenvalue weighted by Gasteiger charge is 2.21. The number of hydrogen-bond acceptors (Lipinski definition) is 9. The van der Waals surface area contributed by atoms with Gasteiger partial charge in [-0.3, -0.25) is 14.5 Å². The van der Waals surface area contributed by atoms with Crippen molar-refractivity contribution in [3.63, 3.8) is 0 Å². The van der Waals surface area contributed by atoms with Crippen LogP contribution in [0.3, 0.4) is 0 Å². The molecular formula is C59H120BN4O5P. The Morgan fingerprint density at radius 1 is 0.514 bits per heavy atom. The van der Waals surface area contributed by atoms with Crippen molar-refractivity contribution in [1.29, 1.82) is 0 Å². The van der Waals surface area contributed by atoms with Gasteiger partial charge in [-0.1, -0.05) is 207 Å². The van der Waals surface area contributed by atoms with Crippen LogP contribution in [0, 0.1) is 11.8 Å². The molecule has 11 heteroatoms. The summed E-state index contributed by atoms with van der Waals surface area (Å²) >= 11 is 0. The lowest BCUT2D eigenvalue weighted by atomic mass is 9.94. The third-order valence-electron chi connectivity index (χ3n) is 14.4. The summed E-state index contributed by atoms with van der Waals surface area (Å²) in [7, 11) is 10.5. The smallest absolute Gasteiger partial charge is 0.308 e. The molecule has 1 aliphatic heterocycles. The van der Waals surface area contributed by atoms with Crippen LogP contribution in [0.4, 0.5) is 0 Å². The van der Waals surface area contributed by atoms with Gasteiger partial charge in [-0.25, -0.2) is 0 Å². The monoisotopic (exact) mass is 1010 g/mol. The number of likely N-dealkylation sites (N-methyl/N-ethyl adjacent to an activating group) is 2. The summed E-state index contributed by atoms with van der Waals surface area (Å²) in [6.07, 6.45) is 44.5. The zero-order valence-corrected chi connectivity index (χ0v) is 48.9. The molecule has 70 heavy (non-hydrogen) atoms. The Balaban J connectivity index is 0. The fraction of sp³-hybridized carbons (Fsp3) is 0.949. The van der Waals surface area contributed by atoms with Crippen molar-refractivity contribution >= 4 is 34.9 Å². The van der Waals surface area contributed by atoms with Crippen LogP contribution in [-0.4, -0.2) is 127 Å². The zero-order valence-electron chi connectivity index (χ0n) is 47.7. The van der Waals surface area contributed by atoms with Gasteiger partial charge in [0, 0.05) is 52.2 Å². The van der Waals surface area contributed by atoms with E-state index in [-0.39, 0.29) is 23.8 Å². The second-order valence-electron chi connectivity index (χ2n) is 20.8. The Hall–Kier alpha value is -1.06. The molecular weight excluding hydrogens is 886 g/mol. The number of piperazine rings is 1. The Labute approximate surface area is 440 Å². The lowest BCUT2D eigenvalue weighted by molar-refractivity contribution is -0.150. The van der Waals surface area contributed by atoms with Crippen LogP contribution >= 0.6 is 9.12 Å². The molecule has 3 unspecified atom stereocenters. The highest BCUT2D eigenvalue weighted by Crippen LogP contribution is 2.22. The minimum absolute atomic E-state index is 0.0590. The number of ether oxygens (including phenoxy) is 2. The number of rotatable bonds is 50. The predicted octanol–water partition coefficient (Wildman–Crippen LogP) is 14.7. The molecule has 0 spiro atoms. The summed E-state index contributed by atoms with van der Waals surface area (Å²) in [4.78, 5) is 44.3. The van der Waals surface area contributed by atoms with Crippen molar-refractivity contribution in [1.82, 2.24) is 20.0 Å². The van der Waals surface area contributed by atoms with Crippen LogP contribution in [0.15, 0.2) is 0 Å². The average Bonchev–Trinajstić information content (AvgIpc) is 3.37. The van der Waals surface area contributed by atoms with E-state index in [9.17, 15) is 14.4 Å². The van der Waals surface area contributed by atoms with Crippen molar-refractivity contribution in [3.8, 4) is 0 Å². The largest absolute Gasteiger partial charge is 0.465 e. The minimum atomic E-state index is 0.0590. The van der Waals surface area contributed by atoms with E-state index in [1.54, 1.807) is 0 Å². The third-order valence-corrected chi connectivity index (χ3v) is 14.4. The molecule has 0 aromatic heterocycles. The fourth-order valence-electron chi connectivity index (χ4n) is 9.52. The molecule has 0 amide bonds. The van der Waals surface area contributed by atoms with E-state index >= 15 is 0 Å². The van der Waals surface area contributed by atoms with E-state index in [0.717, 1.165) is 110 Å². The molecule has 414 valence electrons. The van der Waals surface area contributed by atoms with E-state index in [4.69, 9.17) is 9.47 Å². The minimum Gasteiger partial charge on any atom is -0.465 e. The molecule has 2 radical (unpaired) electrons. The third kappa shape index (κ3) is 49.2. The van der Waals surface area contributed by atoms with Gasteiger partial charge in [0.2, 0.25) is 0 Å². The molecule has 1 heterocycles. The number of unbranched alkanes of at least 4 members (excludes halogenated alkanes) is 26. The summed E-state index contributed by atoms with van der Waals surface area (Å²) in [6, 6.07) is 0. The van der Waals surface area contributed by atoms with E-state index in [0.29, 0.717) is 19.6 Å². The van der Waals surface area contributed by atoms with Crippen LogP contribution < -0.4 is 5.32 Å². The van der Waals surface area contributed by atoms with E-state index in [2.05, 4.69) is 62.3 Å². The molecule has 9 nitrogen and oxygen atoms in total. The number of nitrogens with one attached hydrogen (secondary N) is 1. The topological polar surface area (TPSA) is 91.4 Å². The van der Waals surface area contributed by atoms with Gasteiger partial charge in [-0.2, -0.15) is 9.12 Å². The summed E-state index contributed by atoms with van der Waals surface area (Å²) in [5.41, 5.74) is 0. The maximum Gasteiger partial charge on any atom is 0.308 e. The normalized spacial score (nSPS) is 13.8. The summed E-state index contributed by atoms with van der Waals surface area (Å²) in [6.45, 7) is 20.4. The Morgan fingerprint density at radius 2 is 0.843 bits per heavy atom. The van der Waals surface area contributed by atoms with Gasteiger partial charge < -0.3 is 29.4 Å². The van der Waals surface area contributed by atoms with Crippen LogP contribution in [-0.2, 0) is 23.9 Å². The summed E-state index contributed by atoms with van der Waals surface area (Å²) in [5, 5.41) is 3.17. The molecule has 1 rings (SSSR count). The Morgan fingerprint density at radius 3 is 1.20 bits per heavy atom. The fourth-order valence-corrected chi connectivity index (χ4v) is 9.52. The first-order valence-corrected chi connectivity index (χ1v) is 30.9. The number of hydrogen-bond donors (Lipinski definition) is 1. The number of esters is 2. The Kier molecular flexibility index (Phi) is 59.7. The van der Waals surface area contributed by atoms with Crippen LogP contribution in [0.25, 0.3) is 0 Å². The summed E-state index contributed by atoms with van der Waals surface area (Å²) in [5.74, 6) is 0.313. The van der Waals surface area contributed by atoms with Gasteiger partial charge in [0.1, 0.15) is 6.29 Å². The molecule has 0 aliphatic carbocycles. The van der Waals surface area contributed by atoms with Gasteiger partial charge in [-0.15, -0.1) is 0 Å². The SMILES string of the molecule is CCCCCCCCC(CCCCCC)C(=O)OCCCCCCCCN(CCC=O)CCCCCCCCOC(=O)C(CCCCCC)CCCCCCCC.CNCCN1CCN(C)CC1.[B]P. The Bertz CT molecular complexity index is 1010. The quantitative estimate of drug-likeness (QED) is 0.0210. The second kappa shape index (κ2) is 58.8. The lowest BCUT2D eigenvalue weighted by Crippen LogP contribution is -2.46. The van der Waals surface area contributed by atoms with Gasteiger partial charge in [0.05, 0.1) is 32.6 Å². The van der Waals surface area contributed by atoms with Gasteiger partial charge in [-0.05, 0) is 78.6 Å². The van der Waals surface area contributed by atoms with Gasteiger partial charge in [0.15, 0.2) is 0 Å². The van der Waals surface area contributed by atoms with E-state index in [1.807, 2.05) is 16.2 Å². The molecule has 0 aromatic rings. The maximum atomic E-state index is 12.9. The molecule has 1 aliphatic rings. The van der Waals surface area contributed by atoms with Crippen molar-refractivity contribution in [2.24, 2.45) is 11.8 Å². The molecule has 1 N–H and O–H groups in total. The van der Waals surface area contributed by atoms with Gasteiger partial charge in [0.25, 0.3) is 0 Å². The molecule has 0 saturated carbocycles. The lowest BCUT2D eigenvalue weighted by Gasteiger charge is -2.32.